The Kier molecular flexibility index (Phi) is 15.8. The van der Waals surface area contributed by atoms with Crippen molar-refractivity contribution in [3.63, 3.8) is 0 Å². The second-order valence-corrected chi connectivity index (χ2v) is 31.4. The van der Waals surface area contributed by atoms with Crippen molar-refractivity contribution in [2.75, 3.05) is 29.4 Å². The summed E-state index contributed by atoms with van der Waals surface area (Å²) in [5.74, 6) is 1.20. The molecule has 0 amide bonds. The Bertz CT molecular complexity index is 3820. The van der Waals surface area contributed by atoms with E-state index in [-0.39, 0.29) is 24.2 Å². The zero-order chi connectivity index (χ0) is 63.2. The lowest BCUT2D eigenvalue weighted by Crippen LogP contribution is -2.87. The van der Waals surface area contributed by atoms with Gasteiger partial charge in [0.15, 0.2) is 0 Å². The summed E-state index contributed by atoms with van der Waals surface area (Å²) in [6.07, 6.45) is 27.7. The van der Waals surface area contributed by atoms with Crippen LogP contribution in [-0.2, 0) is 0 Å². The minimum absolute atomic E-state index is 0.269. The van der Waals surface area contributed by atoms with Crippen molar-refractivity contribution >= 4 is 45.5 Å². The van der Waals surface area contributed by atoms with Gasteiger partial charge in [-0.3, -0.25) is 9.80 Å². The van der Waals surface area contributed by atoms with Gasteiger partial charge in [-0.15, -0.1) is 0 Å². The van der Waals surface area contributed by atoms with Gasteiger partial charge in [-0.1, -0.05) is 197 Å². The van der Waals surface area contributed by atoms with Crippen molar-refractivity contribution in [3.8, 4) is 0 Å². The molecule has 8 nitrogen and oxygen atoms in total. The summed E-state index contributed by atoms with van der Waals surface area (Å²) in [6, 6.07) is 96.9. The monoisotopic (exact) mass is 1270 g/mol. The van der Waals surface area contributed by atoms with Gasteiger partial charge < -0.3 is 29.4 Å². The first-order valence-electron chi connectivity index (χ1n) is 38.4. The van der Waals surface area contributed by atoms with E-state index >= 15 is 0 Å². The molecule has 11 fully saturated rings. The number of benzene rings is 8. The lowest BCUT2D eigenvalue weighted by molar-refractivity contribution is -0.118. The molecule has 0 spiro atoms. The van der Waals surface area contributed by atoms with Crippen LogP contribution < -0.4 is 29.4 Å². The molecule has 8 aromatic carbocycles. The van der Waals surface area contributed by atoms with E-state index in [1.807, 2.05) is 0 Å². The number of rotatable bonds is 12. The molecule has 96 heavy (non-hydrogen) atoms. The summed E-state index contributed by atoms with van der Waals surface area (Å²) in [4.78, 5) is 25.3. The molecule has 0 aromatic heterocycles. The SMILES string of the molecule is c1ccc(N(c2ccccc2)C2CC3C4C(C2)N(c2ccccc2)C2CC5C(CC2N4C2CCCCC2N3c2ccccc2)N2C3CCCCC3N(c3ccccc3)C3CC(N(c4ccccc4C4CCCC4)c4ccccc4C4CCCC4)CC(C32)N5c2ccccc2)cc1. The number of hydrogen-bond donors (Lipinski definition) is 0. The highest BCUT2D eigenvalue weighted by Gasteiger charge is 2.68. The zero-order valence-electron chi connectivity index (χ0n) is 56.5. The summed E-state index contributed by atoms with van der Waals surface area (Å²) in [5, 5.41) is 0. The predicted molar refractivity (Wildman–Crippen MR) is 397 cm³/mol. The van der Waals surface area contributed by atoms with Gasteiger partial charge in [0.1, 0.15) is 0 Å². The highest BCUT2D eigenvalue weighted by molar-refractivity contribution is 5.73. The number of piperazine rings is 4. The van der Waals surface area contributed by atoms with Gasteiger partial charge in [0.2, 0.25) is 0 Å². The molecule has 8 heteroatoms. The smallest absolute Gasteiger partial charge is 0.0512 e. The number of hydrogen-bond acceptors (Lipinski definition) is 8. The normalized spacial score (nSPS) is 32.7. The third kappa shape index (κ3) is 10.1. The van der Waals surface area contributed by atoms with Crippen LogP contribution in [0.2, 0.25) is 0 Å². The van der Waals surface area contributed by atoms with E-state index in [1.54, 1.807) is 11.1 Å². The predicted octanol–water partition coefficient (Wildman–Crippen LogP) is 19.1. The van der Waals surface area contributed by atoms with E-state index in [0.717, 1.165) is 32.1 Å². The number of para-hydroxylation sites is 8. The fourth-order valence-corrected chi connectivity index (χ4v) is 23.7. The van der Waals surface area contributed by atoms with Crippen LogP contribution >= 0.6 is 0 Å². The molecule has 16 unspecified atom stereocenters. The van der Waals surface area contributed by atoms with Crippen LogP contribution in [0.3, 0.4) is 0 Å². The maximum atomic E-state index is 3.43. The van der Waals surface area contributed by atoms with Crippen molar-refractivity contribution < 1.29 is 0 Å². The first-order valence-corrected chi connectivity index (χ1v) is 38.4. The summed E-state index contributed by atoms with van der Waals surface area (Å²) in [5.41, 5.74) is 14.6. The van der Waals surface area contributed by atoms with Crippen molar-refractivity contribution in [2.24, 2.45) is 0 Å². The van der Waals surface area contributed by atoms with Gasteiger partial charge in [-0.2, -0.15) is 0 Å². The molecule has 16 atom stereocenters. The maximum absolute atomic E-state index is 3.43. The molecule has 0 N–H and O–H groups in total. The lowest BCUT2D eigenvalue weighted by Gasteiger charge is -2.74. The van der Waals surface area contributed by atoms with Gasteiger partial charge >= 0.3 is 0 Å². The lowest BCUT2D eigenvalue weighted by atomic mass is 9.63. The molecule has 19 rings (SSSR count). The summed E-state index contributed by atoms with van der Waals surface area (Å²) >= 11 is 0. The first-order chi connectivity index (χ1) is 47.7. The number of fused-ring (bicyclic) bond motifs is 8. The van der Waals surface area contributed by atoms with E-state index < -0.39 is 0 Å². The highest BCUT2D eigenvalue weighted by Crippen LogP contribution is 2.59. The van der Waals surface area contributed by atoms with Crippen LogP contribution in [0.1, 0.15) is 164 Å². The molecule has 4 heterocycles. The number of nitrogens with zero attached hydrogens (tertiary/aromatic N) is 8. The third-order valence-electron chi connectivity index (χ3n) is 27.0. The molecule has 8 aromatic rings. The Morgan fingerprint density at radius 2 is 0.510 bits per heavy atom. The van der Waals surface area contributed by atoms with Crippen LogP contribution in [0.25, 0.3) is 0 Å². The van der Waals surface area contributed by atoms with Crippen LogP contribution in [-0.4, -0.2) is 106 Å². The minimum Gasteiger partial charge on any atom is -0.362 e. The maximum Gasteiger partial charge on any atom is 0.0512 e. The second kappa shape index (κ2) is 25.4. The van der Waals surface area contributed by atoms with Crippen LogP contribution in [0, 0.1) is 0 Å². The van der Waals surface area contributed by atoms with Gasteiger partial charge in [0.25, 0.3) is 0 Å². The van der Waals surface area contributed by atoms with Crippen LogP contribution in [0.15, 0.2) is 231 Å². The molecule has 0 radical (unpaired) electrons. The van der Waals surface area contributed by atoms with Crippen molar-refractivity contribution in [1.29, 1.82) is 0 Å². The summed E-state index contributed by atoms with van der Waals surface area (Å²) < 4.78 is 0. The van der Waals surface area contributed by atoms with Crippen LogP contribution in [0.5, 0.6) is 0 Å². The Hall–Kier alpha value is -7.52. The quantitative estimate of drug-likeness (QED) is 0.119. The summed E-state index contributed by atoms with van der Waals surface area (Å²) in [7, 11) is 0. The Morgan fingerprint density at radius 3 is 0.875 bits per heavy atom. The van der Waals surface area contributed by atoms with E-state index in [1.165, 1.54) is 155 Å². The molecule has 4 aliphatic heterocycles. The molecule has 7 saturated carbocycles. The molecular formula is C88H100N8. The van der Waals surface area contributed by atoms with E-state index in [2.05, 4.69) is 270 Å². The average Bonchev–Trinajstić information content (AvgIpc) is 0.732. The van der Waals surface area contributed by atoms with Gasteiger partial charge in [0.05, 0.1) is 12.1 Å². The third-order valence-corrected chi connectivity index (χ3v) is 27.0. The molecule has 492 valence electrons. The average molecular weight is 1270 g/mol. The fraction of sp³-hybridized carbons (Fsp3) is 0.455. The van der Waals surface area contributed by atoms with E-state index in [4.69, 9.17) is 0 Å². The highest BCUT2D eigenvalue weighted by atomic mass is 15.5. The van der Waals surface area contributed by atoms with E-state index in [9.17, 15) is 0 Å². The molecule has 4 saturated heterocycles. The standard InChI is InChI=1S/C88H100N8/c1-7-35-63(36-8-1)89(64-37-9-2-10-38-64)69-55-83-87-85(56-69)92(67-43-15-5-16-44-67)79-59-80-82(60-81(79)95(87)77-53-29-27-51-75(77)90(83)65-39-11-3-12-40-65)96-78-54-30-28-52-76(78)91(66-41-13-4-14-42-66)84-57-70(58-86(88(84)96)93(80)68-45-17-6-18-46-68)94(73-49-25-23-47-71(73)61-31-19-20-32-61)74-50-26-24-48-72(74)62-33-21-22-34-62/h1-18,23-26,35-50,61-62,69-70,75-88H,19-22,27-34,51-60H2. The fourth-order valence-electron chi connectivity index (χ4n) is 23.7. The molecule has 0 bridgehead atoms. The van der Waals surface area contributed by atoms with Crippen molar-refractivity contribution in [1.82, 2.24) is 9.80 Å². The molecule has 7 aliphatic carbocycles. The first kappa shape index (κ1) is 59.7. The Morgan fingerprint density at radius 1 is 0.229 bits per heavy atom. The second-order valence-electron chi connectivity index (χ2n) is 31.4. The molecular weight excluding hydrogens is 1170 g/mol. The van der Waals surface area contributed by atoms with Crippen molar-refractivity contribution in [2.45, 2.75) is 250 Å². The minimum atomic E-state index is 0.269. The Balaban J connectivity index is 0.807. The zero-order valence-corrected chi connectivity index (χ0v) is 56.5. The number of anilines is 8. The van der Waals surface area contributed by atoms with Gasteiger partial charge in [-0.25, -0.2) is 0 Å². The van der Waals surface area contributed by atoms with Crippen molar-refractivity contribution in [3.05, 3.63) is 242 Å². The summed E-state index contributed by atoms with van der Waals surface area (Å²) in [6.45, 7) is 0. The van der Waals surface area contributed by atoms with Gasteiger partial charge in [0, 0.05) is 130 Å². The Labute approximate surface area is 572 Å². The molecule has 11 aliphatic rings. The van der Waals surface area contributed by atoms with E-state index in [0.29, 0.717) is 84.3 Å². The topological polar surface area (TPSA) is 25.9 Å². The van der Waals surface area contributed by atoms with Crippen LogP contribution in [0.4, 0.5) is 45.5 Å². The van der Waals surface area contributed by atoms with Gasteiger partial charge in [-0.05, 0) is 198 Å². The largest absolute Gasteiger partial charge is 0.362 e.